The fraction of sp³-hybridized carbons (Fsp3) is 0.350. The van der Waals surface area contributed by atoms with Gasteiger partial charge in [0.25, 0.3) is 0 Å². The Morgan fingerprint density at radius 1 is 1.12 bits per heavy atom. The van der Waals surface area contributed by atoms with Gasteiger partial charge in [-0.2, -0.15) is 0 Å². The lowest BCUT2D eigenvalue weighted by Crippen LogP contribution is -2.14. The Bertz CT molecular complexity index is 775. The van der Waals surface area contributed by atoms with Crippen LogP contribution in [-0.4, -0.2) is 33.0 Å². The summed E-state index contributed by atoms with van der Waals surface area (Å²) in [5.41, 5.74) is 2.77. The van der Waals surface area contributed by atoms with Crippen LogP contribution in [-0.2, 0) is 16.0 Å². The first kappa shape index (κ1) is 18.1. The molecule has 1 amide bonds. The normalized spacial score (nSPS) is 12.1. The summed E-state index contributed by atoms with van der Waals surface area (Å²) in [4.78, 5) is 12.3. The molecule has 3 rings (SSSR count). The van der Waals surface area contributed by atoms with Gasteiger partial charge in [-0.25, -0.2) is 0 Å². The van der Waals surface area contributed by atoms with E-state index < -0.39 is 0 Å². The highest BCUT2D eigenvalue weighted by Gasteiger charge is 2.14. The van der Waals surface area contributed by atoms with E-state index in [-0.39, 0.29) is 12.7 Å². The zero-order chi connectivity index (χ0) is 18.4. The number of benzene rings is 2. The molecule has 1 aliphatic heterocycles. The molecule has 26 heavy (non-hydrogen) atoms. The van der Waals surface area contributed by atoms with Crippen LogP contribution < -0.4 is 19.5 Å². The van der Waals surface area contributed by atoms with Crippen LogP contribution >= 0.6 is 0 Å². The number of carbonyl (C=O) groups is 1. The van der Waals surface area contributed by atoms with Crippen molar-refractivity contribution in [1.82, 2.24) is 0 Å². The molecule has 0 saturated carbocycles. The van der Waals surface area contributed by atoms with Gasteiger partial charge >= 0.3 is 0 Å². The fourth-order valence-electron chi connectivity index (χ4n) is 2.65. The number of nitrogens with one attached hydrogen (secondary N) is 1. The highest BCUT2D eigenvalue weighted by molar-refractivity contribution is 5.92. The van der Waals surface area contributed by atoms with Gasteiger partial charge in [0.1, 0.15) is 12.4 Å². The Kier molecular flexibility index (Phi) is 5.96. The van der Waals surface area contributed by atoms with Gasteiger partial charge in [-0.15, -0.1) is 0 Å². The minimum atomic E-state index is -0.0666. The van der Waals surface area contributed by atoms with Crippen molar-refractivity contribution in [1.29, 1.82) is 0 Å². The van der Waals surface area contributed by atoms with Gasteiger partial charge < -0.3 is 24.3 Å². The van der Waals surface area contributed by atoms with Crippen LogP contribution in [0.3, 0.4) is 0 Å². The van der Waals surface area contributed by atoms with Crippen molar-refractivity contribution < 1.29 is 23.7 Å². The maximum atomic E-state index is 12.3. The molecular formula is C20H23NO5. The first-order chi connectivity index (χ1) is 12.7. The second kappa shape index (κ2) is 8.58. The van der Waals surface area contributed by atoms with Gasteiger partial charge in [-0.05, 0) is 48.7 Å². The second-order valence-corrected chi connectivity index (χ2v) is 6.08. The van der Waals surface area contributed by atoms with Crippen molar-refractivity contribution in [3.63, 3.8) is 0 Å². The predicted octanol–water partition coefficient (Wildman–Crippen LogP) is 3.32. The fourth-order valence-corrected chi connectivity index (χ4v) is 2.65. The van der Waals surface area contributed by atoms with Crippen LogP contribution in [0, 0.1) is 6.92 Å². The molecule has 2 aromatic carbocycles. The highest BCUT2D eigenvalue weighted by Crippen LogP contribution is 2.33. The van der Waals surface area contributed by atoms with Gasteiger partial charge in [-0.3, -0.25) is 4.79 Å². The quantitative estimate of drug-likeness (QED) is 0.734. The molecule has 0 atom stereocenters. The van der Waals surface area contributed by atoms with E-state index in [1.165, 1.54) is 0 Å². The third-order valence-corrected chi connectivity index (χ3v) is 4.03. The molecule has 138 valence electrons. The van der Waals surface area contributed by atoms with E-state index in [0.717, 1.165) is 22.6 Å². The summed E-state index contributed by atoms with van der Waals surface area (Å²) >= 11 is 0. The summed E-state index contributed by atoms with van der Waals surface area (Å²) in [5, 5.41) is 2.93. The number of methoxy groups -OCH3 is 1. The topological polar surface area (TPSA) is 66.0 Å². The third-order valence-electron chi connectivity index (χ3n) is 4.03. The number of aryl methyl sites for hydroxylation is 2. The molecule has 0 bridgehead atoms. The standard InChI is InChI=1S/C20H23NO5/c1-14-3-6-16(18(11-14)24-10-9-23-2)21-20(22)8-5-15-4-7-17-19(12-15)26-13-25-17/h3-4,6-7,11-12H,5,8-10,13H2,1-2H3,(H,21,22). The Balaban J connectivity index is 1.57. The molecule has 6 heteroatoms. The molecule has 1 heterocycles. The summed E-state index contributed by atoms with van der Waals surface area (Å²) in [6.07, 6.45) is 0.985. The lowest BCUT2D eigenvalue weighted by atomic mass is 10.1. The Hall–Kier alpha value is -2.73. The van der Waals surface area contributed by atoms with Crippen molar-refractivity contribution >= 4 is 11.6 Å². The average molecular weight is 357 g/mol. The van der Waals surface area contributed by atoms with Crippen LogP contribution in [0.25, 0.3) is 0 Å². The molecule has 0 saturated heterocycles. The lowest BCUT2D eigenvalue weighted by molar-refractivity contribution is -0.116. The number of hydrogen-bond acceptors (Lipinski definition) is 5. The molecule has 6 nitrogen and oxygen atoms in total. The van der Waals surface area contributed by atoms with Gasteiger partial charge in [0, 0.05) is 13.5 Å². The number of carbonyl (C=O) groups excluding carboxylic acids is 1. The van der Waals surface area contributed by atoms with Crippen LogP contribution in [0.5, 0.6) is 17.2 Å². The molecule has 0 radical (unpaired) electrons. The van der Waals surface area contributed by atoms with E-state index in [4.69, 9.17) is 18.9 Å². The Morgan fingerprint density at radius 3 is 2.81 bits per heavy atom. The summed E-state index contributed by atoms with van der Waals surface area (Å²) in [5.74, 6) is 2.06. The van der Waals surface area contributed by atoms with E-state index >= 15 is 0 Å². The van der Waals surface area contributed by atoms with Crippen molar-refractivity contribution in [3.05, 3.63) is 47.5 Å². The van der Waals surface area contributed by atoms with Gasteiger partial charge in [-0.1, -0.05) is 12.1 Å². The van der Waals surface area contributed by atoms with E-state index in [0.29, 0.717) is 37.5 Å². The minimum absolute atomic E-state index is 0.0666. The van der Waals surface area contributed by atoms with Crippen LogP contribution in [0.15, 0.2) is 36.4 Å². The summed E-state index contributed by atoms with van der Waals surface area (Å²) in [6.45, 7) is 3.15. The molecule has 1 N–H and O–H groups in total. The SMILES string of the molecule is COCCOc1cc(C)ccc1NC(=O)CCc1ccc2c(c1)OCO2. The van der Waals surface area contributed by atoms with Crippen molar-refractivity contribution in [2.45, 2.75) is 19.8 Å². The Morgan fingerprint density at radius 2 is 1.96 bits per heavy atom. The van der Waals surface area contributed by atoms with Gasteiger partial charge in [0.2, 0.25) is 12.7 Å². The van der Waals surface area contributed by atoms with Crippen LogP contribution in [0.4, 0.5) is 5.69 Å². The summed E-state index contributed by atoms with van der Waals surface area (Å²) < 4.78 is 21.4. The van der Waals surface area contributed by atoms with E-state index in [1.807, 2.05) is 43.3 Å². The molecule has 0 aromatic heterocycles. The Labute approximate surface area is 153 Å². The number of amides is 1. The van der Waals surface area contributed by atoms with Crippen molar-refractivity contribution in [2.75, 3.05) is 32.4 Å². The number of ether oxygens (including phenoxy) is 4. The molecular weight excluding hydrogens is 334 g/mol. The predicted molar refractivity (Wildman–Crippen MR) is 98.1 cm³/mol. The molecule has 0 fully saturated rings. The highest BCUT2D eigenvalue weighted by atomic mass is 16.7. The first-order valence-corrected chi connectivity index (χ1v) is 8.56. The number of rotatable bonds is 8. The van der Waals surface area contributed by atoms with Crippen LogP contribution in [0.1, 0.15) is 17.5 Å². The maximum Gasteiger partial charge on any atom is 0.231 e. The molecule has 2 aromatic rings. The average Bonchev–Trinajstić information content (AvgIpc) is 3.10. The second-order valence-electron chi connectivity index (χ2n) is 6.08. The monoisotopic (exact) mass is 357 g/mol. The van der Waals surface area contributed by atoms with Crippen LogP contribution in [0.2, 0.25) is 0 Å². The van der Waals surface area contributed by atoms with Crippen molar-refractivity contribution in [2.24, 2.45) is 0 Å². The maximum absolute atomic E-state index is 12.3. The third kappa shape index (κ3) is 4.67. The smallest absolute Gasteiger partial charge is 0.231 e. The zero-order valence-electron chi connectivity index (χ0n) is 15.0. The van der Waals surface area contributed by atoms with Crippen molar-refractivity contribution in [3.8, 4) is 17.2 Å². The first-order valence-electron chi connectivity index (χ1n) is 8.56. The number of hydrogen-bond donors (Lipinski definition) is 1. The number of anilines is 1. The molecule has 0 spiro atoms. The lowest BCUT2D eigenvalue weighted by Gasteiger charge is -2.13. The summed E-state index contributed by atoms with van der Waals surface area (Å²) in [6, 6.07) is 11.4. The van der Waals surface area contributed by atoms with Gasteiger partial charge in [0.15, 0.2) is 11.5 Å². The molecule has 0 unspecified atom stereocenters. The van der Waals surface area contributed by atoms with E-state index in [1.54, 1.807) is 7.11 Å². The number of fused-ring (bicyclic) bond motifs is 1. The minimum Gasteiger partial charge on any atom is -0.489 e. The molecule has 1 aliphatic rings. The van der Waals surface area contributed by atoms with E-state index in [2.05, 4.69) is 5.32 Å². The largest absolute Gasteiger partial charge is 0.489 e. The van der Waals surface area contributed by atoms with E-state index in [9.17, 15) is 4.79 Å². The zero-order valence-corrected chi connectivity index (χ0v) is 15.0. The van der Waals surface area contributed by atoms with Gasteiger partial charge in [0.05, 0.1) is 12.3 Å². The molecule has 0 aliphatic carbocycles. The summed E-state index contributed by atoms with van der Waals surface area (Å²) in [7, 11) is 1.62.